The number of phosphoric ester groups is 2. The molecule has 0 bridgehead atoms. The monoisotopic (exact) mass is 1540 g/mol. The Morgan fingerprint density at radius 1 is 0.276 bits per heavy atom. The highest BCUT2D eigenvalue weighted by Crippen LogP contribution is 2.45. The maximum atomic E-state index is 13.1. The largest absolute Gasteiger partial charge is 0.472 e. The van der Waals surface area contributed by atoms with Crippen LogP contribution in [-0.4, -0.2) is 96.7 Å². The van der Waals surface area contributed by atoms with Gasteiger partial charge in [-0.1, -0.05) is 402 Å². The van der Waals surface area contributed by atoms with Gasteiger partial charge in [0.2, 0.25) is 0 Å². The standard InChI is InChI=1S/C86H168O17P2/c1-8-10-11-12-13-14-15-28-36-41-46-55-62-69-86(91)103-82(74-97-84(89)68-61-54-49-48-51-58-65-78(5)6)76-101-105(94,95)99-72-80(87)71-98-104(92,93)100-75-81(73-96-83(88)67-60-53-45-40-35-31-26-22-18-16-20-24-29-33-38-43-50-57-64-77(3)4)102-85(90)70-63-56-47-42-37-32-27-23-19-17-21-25-30-34-39-44-52-59-66-79(7)9-2/h77-82,87H,8-76H2,1-7H3,(H,92,93)(H,94,95)/t79?,80-,81-,82-/m1/s1. The zero-order valence-corrected chi connectivity index (χ0v) is 71.0. The molecule has 0 aliphatic rings. The van der Waals surface area contributed by atoms with Crippen molar-refractivity contribution in [3.63, 3.8) is 0 Å². The summed E-state index contributed by atoms with van der Waals surface area (Å²) in [5.74, 6) is 0.267. The predicted octanol–water partition coefficient (Wildman–Crippen LogP) is 26.1. The van der Waals surface area contributed by atoms with Crippen LogP contribution in [0.2, 0.25) is 0 Å². The lowest BCUT2D eigenvalue weighted by atomic mass is 9.99. The van der Waals surface area contributed by atoms with Crippen molar-refractivity contribution < 1.29 is 80.2 Å². The van der Waals surface area contributed by atoms with Crippen LogP contribution in [0.4, 0.5) is 0 Å². The Morgan fingerprint density at radius 2 is 0.486 bits per heavy atom. The molecule has 6 atom stereocenters. The number of hydrogen-bond acceptors (Lipinski definition) is 15. The molecule has 0 saturated heterocycles. The lowest BCUT2D eigenvalue weighted by molar-refractivity contribution is -0.161. The zero-order valence-electron chi connectivity index (χ0n) is 69.2. The number of ether oxygens (including phenoxy) is 4. The SMILES string of the molecule is CCCCCCCCCCCCCCCC(=O)O[C@H](COC(=O)CCCCCCCCC(C)C)COP(=O)(O)OC[C@H](O)COP(=O)(O)OC[C@@H](COC(=O)CCCCCCCCCCCCCCCCCCCCC(C)C)OC(=O)CCCCCCCCCCCCCCCCCCCCC(C)CC. The molecule has 0 amide bonds. The minimum absolute atomic E-state index is 0.107. The molecule has 0 saturated carbocycles. The van der Waals surface area contributed by atoms with Crippen molar-refractivity contribution in [2.45, 2.75) is 471 Å². The Balaban J connectivity index is 5.19. The molecular formula is C86H168O17P2. The van der Waals surface area contributed by atoms with Crippen molar-refractivity contribution in [3.8, 4) is 0 Å². The van der Waals surface area contributed by atoms with Gasteiger partial charge in [-0.15, -0.1) is 0 Å². The maximum Gasteiger partial charge on any atom is 0.472 e. The van der Waals surface area contributed by atoms with E-state index in [2.05, 4.69) is 48.5 Å². The van der Waals surface area contributed by atoms with Crippen molar-refractivity contribution >= 4 is 39.5 Å². The number of aliphatic hydroxyl groups is 1. The van der Waals surface area contributed by atoms with Gasteiger partial charge >= 0.3 is 39.5 Å². The molecule has 105 heavy (non-hydrogen) atoms. The highest BCUT2D eigenvalue weighted by atomic mass is 31.2. The van der Waals surface area contributed by atoms with Crippen LogP contribution < -0.4 is 0 Å². The second-order valence-corrected chi connectivity index (χ2v) is 35.0. The number of esters is 4. The van der Waals surface area contributed by atoms with Crippen LogP contribution in [0.25, 0.3) is 0 Å². The summed E-state index contributed by atoms with van der Waals surface area (Å²) in [4.78, 5) is 73.1. The van der Waals surface area contributed by atoms with E-state index in [9.17, 15) is 43.2 Å². The Hall–Kier alpha value is -1.94. The van der Waals surface area contributed by atoms with Gasteiger partial charge in [0.05, 0.1) is 26.4 Å². The van der Waals surface area contributed by atoms with Gasteiger partial charge in [0.1, 0.15) is 19.3 Å². The molecule has 0 spiro atoms. The highest BCUT2D eigenvalue weighted by molar-refractivity contribution is 7.47. The molecule has 0 aliphatic carbocycles. The van der Waals surface area contributed by atoms with E-state index in [1.807, 2.05) is 0 Å². The fourth-order valence-electron chi connectivity index (χ4n) is 13.3. The lowest BCUT2D eigenvalue weighted by Crippen LogP contribution is -2.30. The Labute approximate surface area is 645 Å². The third-order valence-electron chi connectivity index (χ3n) is 20.5. The lowest BCUT2D eigenvalue weighted by Gasteiger charge is -2.21. The fourth-order valence-corrected chi connectivity index (χ4v) is 14.9. The van der Waals surface area contributed by atoms with Gasteiger partial charge in [0.15, 0.2) is 12.2 Å². The average molecular weight is 1540 g/mol. The number of hydrogen-bond donors (Lipinski definition) is 3. The fraction of sp³-hybridized carbons (Fsp3) is 0.953. The highest BCUT2D eigenvalue weighted by Gasteiger charge is 2.30. The maximum absolute atomic E-state index is 13.1. The molecule has 3 N–H and O–H groups in total. The Kier molecular flexibility index (Phi) is 74.7. The molecule has 624 valence electrons. The minimum atomic E-state index is -4.97. The summed E-state index contributed by atoms with van der Waals surface area (Å²) in [6, 6.07) is 0. The molecule has 17 nitrogen and oxygen atoms in total. The molecule has 0 radical (unpaired) electrons. The van der Waals surface area contributed by atoms with Crippen LogP contribution in [0.15, 0.2) is 0 Å². The molecule has 0 aliphatic heterocycles. The number of carbonyl (C=O) groups excluding carboxylic acids is 4. The molecule has 0 rings (SSSR count). The van der Waals surface area contributed by atoms with E-state index in [0.29, 0.717) is 31.6 Å². The first-order valence-corrected chi connectivity index (χ1v) is 47.4. The van der Waals surface area contributed by atoms with Gasteiger partial charge in [-0.25, -0.2) is 9.13 Å². The summed E-state index contributed by atoms with van der Waals surface area (Å²) in [6.45, 7) is 12.0. The number of rotatable bonds is 84. The van der Waals surface area contributed by atoms with E-state index >= 15 is 0 Å². The van der Waals surface area contributed by atoms with Crippen LogP contribution in [0, 0.1) is 17.8 Å². The topological polar surface area (TPSA) is 237 Å². The summed E-state index contributed by atoms with van der Waals surface area (Å²) in [7, 11) is -9.92. The Bertz CT molecular complexity index is 2030. The number of carbonyl (C=O) groups is 4. The van der Waals surface area contributed by atoms with Crippen LogP contribution in [0.1, 0.15) is 453 Å². The second-order valence-electron chi connectivity index (χ2n) is 32.1. The van der Waals surface area contributed by atoms with Gasteiger partial charge in [-0.3, -0.25) is 37.3 Å². The minimum Gasteiger partial charge on any atom is -0.462 e. The van der Waals surface area contributed by atoms with Gasteiger partial charge in [-0.2, -0.15) is 0 Å². The molecule has 3 unspecified atom stereocenters. The van der Waals surface area contributed by atoms with Crippen molar-refractivity contribution in [2.75, 3.05) is 39.6 Å². The predicted molar refractivity (Wildman–Crippen MR) is 432 cm³/mol. The Morgan fingerprint density at radius 3 is 0.724 bits per heavy atom. The summed E-state index contributed by atoms with van der Waals surface area (Å²) < 4.78 is 68.8. The van der Waals surface area contributed by atoms with Gasteiger partial charge in [-0.05, 0) is 43.4 Å². The van der Waals surface area contributed by atoms with Crippen molar-refractivity contribution in [2.24, 2.45) is 17.8 Å². The van der Waals surface area contributed by atoms with Gasteiger partial charge in [0.25, 0.3) is 0 Å². The summed E-state index contributed by atoms with van der Waals surface area (Å²) >= 11 is 0. The number of phosphoric acid groups is 2. The number of aliphatic hydroxyl groups excluding tert-OH is 1. The third-order valence-corrected chi connectivity index (χ3v) is 22.4. The van der Waals surface area contributed by atoms with E-state index in [4.69, 9.17) is 37.0 Å². The van der Waals surface area contributed by atoms with Crippen molar-refractivity contribution in [1.82, 2.24) is 0 Å². The van der Waals surface area contributed by atoms with E-state index < -0.39 is 97.5 Å². The van der Waals surface area contributed by atoms with E-state index in [1.165, 1.54) is 257 Å². The third kappa shape index (κ3) is 78.5. The normalized spacial score (nSPS) is 14.1. The second kappa shape index (κ2) is 76.1. The molecular weight excluding hydrogens is 1370 g/mol. The molecule has 0 fully saturated rings. The quantitative estimate of drug-likeness (QED) is 0.0222. The first-order chi connectivity index (χ1) is 50.8. The molecule has 0 heterocycles. The van der Waals surface area contributed by atoms with Crippen molar-refractivity contribution in [1.29, 1.82) is 0 Å². The van der Waals surface area contributed by atoms with Crippen LogP contribution >= 0.6 is 15.6 Å². The average Bonchev–Trinajstić information content (AvgIpc) is 0.916. The van der Waals surface area contributed by atoms with Crippen LogP contribution in [0.5, 0.6) is 0 Å². The summed E-state index contributed by atoms with van der Waals surface area (Å²) in [5, 5.41) is 10.7. The van der Waals surface area contributed by atoms with E-state index in [-0.39, 0.29) is 25.7 Å². The molecule has 0 aromatic carbocycles. The molecule has 19 heteroatoms. The smallest absolute Gasteiger partial charge is 0.462 e. The first-order valence-electron chi connectivity index (χ1n) is 44.4. The molecule has 0 aromatic rings. The number of unbranched alkanes of at least 4 members (excludes halogenated alkanes) is 51. The van der Waals surface area contributed by atoms with Crippen LogP contribution in [0.3, 0.4) is 0 Å². The van der Waals surface area contributed by atoms with Gasteiger partial charge < -0.3 is 33.8 Å². The zero-order chi connectivity index (χ0) is 77.2. The van der Waals surface area contributed by atoms with Gasteiger partial charge in [0, 0.05) is 25.7 Å². The molecule has 0 aromatic heterocycles. The van der Waals surface area contributed by atoms with Crippen molar-refractivity contribution in [3.05, 3.63) is 0 Å². The van der Waals surface area contributed by atoms with E-state index in [1.54, 1.807) is 0 Å². The first kappa shape index (κ1) is 103. The van der Waals surface area contributed by atoms with E-state index in [0.717, 1.165) is 108 Å². The summed E-state index contributed by atoms with van der Waals surface area (Å²) in [6.07, 6.45) is 66.9. The van der Waals surface area contributed by atoms with Crippen LogP contribution in [-0.2, 0) is 65.4 Å². The summed E-state index contributed by atoms with van der Waals surface area (Å²) in [5.41, 5.74) is 0.